The highest BCUT2D eigenvalue weighted by molar-refractivity contribution is 6.38. The average molecular weight is 474 g/mol. The number of aromatic nitrogens is 5. The summed E-state index contributed by atoms with van der Waals surface area (Å²) < 4.78 is 7.13. The fourth-order valence-corrected chi connectivity index (χ4v) is 3.58. The molecular formula is C21H21Cl2N7O2. The van der Waals surface area contributed by atoms with Gasteiger partial charge in [-0.2, -0.15) is 10.1 Å². The first-order chi connectivity index (χ1) is 15.3. The fraction of sp³-hybridized carbons (Fsp3) is 0.238. The molecule has 0 fully saturated rings. The van der Waals surface area contributed by atoms with Crippen molar-refractivity contribution in [3.8, 4) is 17.1 Å². The van der Waals surface area contributed by atoms with Crippen LogP contribution < -0.4 is 15.4 Å². The summed E-state index contributed by atoms with van der Waals surface area (Å²) in [5, 5.41) is 19.0. The van der Waals surface area contributed by atoms with Crippen LogP contribution in [-0.4, -0.2) is 43.5 Å². The van der Waals surface area contributed by atoms with Gasteiger partial charge in [0, 0.05) is 24.0 Å². The number of nitrogens with zero attached hydrogens (tertiary/aromatic N) is 4. The van der Waals surface area contributed by atoms with E-state index in [2.05, 4.69) is 30.9 Å². The number of aryl methyl sites for hydroxylation is 1. The van der Waals surface area contributed by atoms with E-state index >= 15 is 0 Å². The molecule has 2 aromatic heterocycles. The van der Waals surface area contributed by atoms with Gasteiger partial charge in [-0.25, -0.2) is 4.68 Å². The van der Waals surface area contributed by atoms with E-state index in [1.54, 1.807) is 36.1 Å². The first kappa shape index (κ1) is 21.9. The molecule has 4 aromatic rings. The molecule has 0 aliphatic carbocycles. The number of H-pyrrole nitrogens is 1. The van der Waals surface area contributed by atoms with Crippen LogP contribution in [0.25, 0.3) is 22.3 Å². The van der Waals surface area contributed by atoms with Crippen LogP contribution in [-0.2, 0) is 11.8 Å². The van der Waals surface area contributed by atoms with Gasteiger partial charge in [0.2, 0.25) is 5.95 Å². The summed E-state index contributed by atoms with van der Waals surface area (Å²) in [5.74, 6) is 1.17. The Bertz CT molecular complexity index is 1280. The number of hydrogen-bond donors (Lipinski definition) is 3. The van der Waals surface area contributed by atoms with Gasteiger partial charge < -0.3 is 15.4 Å². The number of carbonyl (C=O) groups is 1. The van der Waals surface area contributed by atoms with Crippen molar-refractivity contribution in [1.82, 2.24) is 30.3 Å². The third-order valence-electron chi connectivity index (χ3n) is 4.57. The summed E-state index contributed by atoms with van der Waals surface area (Å²) in [4.78, 5) is 16.3. The van der Waals surface area contributed by atoms with Crippen molar-refractivity contribution in [2.75, 3.05) is 11.9 Å². The maximum absolute atomic E-state index is 11.8. The van der Waals surface area contributed by atoms with E-state index in [0.717, 1.165) is 10.9 Å². The summed E-state index contributed by atoms with van der Waals surface area (Å²) in [5.41, 5.74) is 2.23. The van der Waals surface area contributed by atoms with Crippen molar-refractivity contribution in [2.24, 2.45) is 7.05 Å². The van der Waals surface area contributed by atoms with Crippen LogP contribution in [0.4, 0.5) is 11.6 Å². The van der Waals surface area contributed by atoms with Crippen molar-refractivity contribution >= 4 is 51.6 Å². The number of anilines is 2. The van der Waals surface area contributed by atoms with Crippen LogP contribution in [0.3, 0.4) is 0 Å². The standard InChI is InChI=1S/C21H21Cl2N7O2/c1-11(2)25-18(31)10-32-17-7-4-12(8-14(17)22)20-27-21(30(3)29-20)26-16-6-5-15-13(19(16)23)9-24-28-15/h4-9,11H,10H2,1-3H3,(H,24,28)(H,25,31)(H,26,27,29). The van der Waals surface area contributed by atoms with Gasteiger partial charge in [0.15, 0.2) is 12.4 Å². The smallest absolute Gasteiger partial charge is 0.258 e. The third-order valence-corrected chi connectivity index (χ3v) is 5.27. The molecule has 0 radical (unpaired) electrons. The highest BCUT2D eigenvalue weighted by Gasteiger charge is 2.15. The fourth-order valence-electron chi connectivity index (χ4n) is 3.08. The number of hydrogen-bond acceptors (Lipinski definition) is 6. The number of carbonyl (C=O) groups excluding carboxylic acids is 1. The molecule has 4 rings (SSSR count). The maximum atomic E-state index is 11.8. The zero-order valence-electron chi connectivity index (χ0n) is 17.6. The van der Waals surface area contributed by atoms with Gasteiger partial charge in [0.25, 0.3) is 5.91 Å². The lowest BCUT2D eigenvalue weighted by Gasteiger charge is -2.11. The topological polar surface area (TPSA) is 110 Å². The maximum Gasteiger partial charge on any atom is 0.258 e. The highest BCUT2D eigenvalue weighted by atomic mass is 35.5. The first-order valence-electron chi connectivity index (χ1n) is 9.83. The Kier molecular flexibility index (Phi) is 6.20. The van der Waals surface area contributed by atoms with Crippen molar-refractivity contribution in [3.63, 3.8) is 0 Å². The van der Waals surface area contributed by atoms with E-state index < -0.39 is 0 Å². The molecule has 0 unspecified atom stereocenters. The summed E-state index contributed by atoms with van der Waals surface area (Å²) in [6.07, 6.45) is 1.67. The minimum Gasteiger partial charge on any atom is -0.482 e. The second kappa shape index (κ2) is 9.05. The molecule has 3 N–H and O–H groups in total. The van der Waals surface area contributed by atoms with Crippen molar-refractivity contribution in [2.45, 2.75) is 19.9 Å². The summed E-state index contributed by atoms with van der Waals surface area (Å²) in [7, 11) is 1.77. The molecular weight excluding hydrogens is 453 g/mol. The van der Waals surface area contributed by atoms with E-state index in [9.17, 15) is 4.79 Å². The summed E-state index contributed by atoms with van der Waals surface area (Å²) in [6, 6.07) is 8.93. The van der Waals surface area contributed by atoms with E-state index in [-0.39, 0.29) is 18.6 Å². The molecule has 11 heteroatoms. The molecule has 0 saturated carbocycles. The quantitative estimate of drug-likeness (QED) is 0.368. The molecule has 0 saturated heterocycles. The van der Waals surface area contributed by atoms with E-state index in [1.807, 2.05) is 26.0 Å². The Hall–Kier alpha value is -3.30. The number of nitrogens with one attached hydrogen (secondary N) is 3. The van der Waals surface area contributed by atoms with E-state index in [0.29, 0.717) is 38.8 Å². The molecule has 0 aliphatic heterocycles. The number of ether oxygens (including phenoxy) is 1. The number of amides is 1. The molecule has 1 amide bonds. The minimum atomic E-state index is -0.213. The monoisotopic (exact) mass is 473 g/mol. The predicted octanol–water partition coefficient (Wildman–Crippen LogP) is 4.31. The van der Waals surface area contributed by atoms with Crippen LogP contribution >= 0.6 is 23.2 Å². The third kappa shape index (κ3) is 4.63. The van der Waals surface area contributed by atoms with Crippen LogP contribution in [0.2, 0.25) is 10.0 Å². The molecule has 0 atom stereocenters. The SMILES string of the molecule is CC(C)NC(=O)COc1ccc(-c2nc(Nc3ccc4[nH]ncc4c3Cl)n(C)n2)cc1Cl. The minimum absolute atomic E-state index is 0.0402. The summed E-state index contributed by atoms with van der Waals surface area (Å²) >= 11 is 12.8. The van der Waals surface area contributed by atoms with E-state index in [4.69, 9.17) is 27.9 Å². The average Bonchev–Trinajstić information content (AvgIpc) is 3.36. The molecule has 0 aliphatic rings. The lowest BCUT2D eigenvalue weighted by atomic mass is 10.2. The van der Waals surface area contributed by atoms with Crippen molar-refractivity contribution in [3.05, 3.63) is 46.6 Å². The van der Waals surface area contributed by atoms with Gasteiger partial charge in [0.05, 0.1) is 27.4 Å². The molecule has 2 heterocycles. The molecule has 0 bridgehead atoms. The Morgan fingerprint density at radius 1 is 1.25 bits per heavy atom. The molecule has 166 valence electrons. The zero-order chi connectivity index (χ0) is 22.8. The number of fused-ring (bicyclic) bond motifs is 1. The number of rotatable bonds is 7. The Morgan fingerprint density at radius 3 is 2.81 bits per heavy atom. The van der Waals surface area contributed by atoms with Gasteiger partial charge in [-0.15, -0.1) is 5.10 Å². The zero-order valence-corrected chi connectivity index (χ0v) is 19.1. The van der Waals surface area contributed by atoms with Crippen LogP contribution in [0, 0.1) is 0 Å². The van der Waals surface area contributed by atoms with Crippen LogP contribution in [0.15, 0.2) is 36.5 Å². The largest absolute Gasteiger partial charge is 0.482 e. The Balaban J connectivity index is 1.51. The van der Waals surface area contributed by atoms with Crippen molar-refractivity contribution < 1.29 is 9.53 Å². The Labute approximate surface area is 194 Å². The van der Waals surface area contributed by atoms with Gasteiger partial charge in [-0.05, 0) is 44.2 Å². The normalized spacial score (nSPS) is 11.2. The molecule has 9 nitrogen and oxygen atoms in total. The molecule has 32 heavy (non-hydrogen) atoms. The van der Waals surface area contributed by atoms with Crippen molar-refractivity contribution in [1.29, 1.82) is 0 Å². The lowest BCUT2D eigenvalue weighted by Crippen LogP contribution is -2.34. The number of aromatic amines is 1. The Morgan fingerprint density at radius 2 is 2.06 bits per heavy atom. The lowest BCUT2D eigenvalue weighted by molar-refractivity contribution is -0.123. The second-order valence-corrected chi connectivity index (χ2v) is 8.21. The van der Waals surface area contributed by atoms with Crippen LogP contribution in [0.1, 0.15) is 13.8 Å². The molecule has 2 aromatic carbocycles. The van der Waals surface area contributed by atoms with Gasteiger partial charge in [-0.1, -0.05) is 23.2 Å². The molecule has 0 spiro atoms. The number of benzene rings is 2. The highest BCUT2D eigenvalue weighted by Crippen LogP contribution is 2.33. The summed E-state index contributed by atoms with van der Waals surface area (Å²) in [6.45, 7) is 3.65. The first-order valence-corrected chi connectivity index (χ1v) is 10.6. The van der Waals surface area contributed by atoms with E-state index in [1.165, 1.54) is 0 Å². The van der Waals surface area contributed by atoms with Gasteiger partial charge in [0.1, 0.15) is 5.75 Å². The second-order valence-electron chi connectivity index (χ2n) is 7.42. The van der Waals surface area contributed by atoms with Gasteiger partial charge in [-0.3, -0.25) is 9.89 Å². The van der Waals surface area contributed by atoms with Gasteiger partial charge >= 0.3 is 0 Å². The number of halogens is 2. The van der Waals surface area contributed by atoms with Crippen LogP contribution in [0.5, 0.6) is 5.75 Å². The predicted molar refractivity (Wildman–Crippen MR) is 125 cm³/mol.